The average molecular weight is 323 g/mol. The lowest BCUT2D eigenvalue weighted by molar-refractivity contribution is -0.128. The van der Waals surface area contributed by atoms with Crippen LogP contribution in [0, 0.1) is 13.8 Å². The van der Waals surface area contributed by atoms with Crippen LogP contribution < -0.4 is 10.1 Å². The molecule has 0 saturated heterocycles. The molecule has 0 fully saturated rings. The van der Waals surface area contributed by atoms with E-state index in [0.29, 0.717) is 0 Å². The van der Waals surface area contributed by atoms with E-state index in [1.807, 2.05) is 45.0 Å². The van der Waals surface area contributed by atoms with E-state index in [1.165, 1.54) is 11.1 Å². The van der Waals surface area contributed by atoms with Gasteiger partial charge in [-0.05, 0) is 68.4 Å². The molecule has 1 N–H and O–H groups in total. The molecule has 0 radical (unpaired) electrons. The SMILES string of the molecule is Cc1ccc(C)c(O[C@@H](C)C(=O)N[C@H]2CCCc3ccccc32)c1. The molecule has 0 unspecified atom stereocenters. The first-order chi connectivity index (χ1) is 11.5. The van der Waals surface area contributed by atoms with Crippen LogP contribution in [0.3, 0.4) is 0 Å². The number of nitrogens with one attached hydrogen (secondary N) is 1. The molecule has 3 nitrogen and oxygen atoms in total. The second-order valence-electron chi connectivity index (χ2n) is 6.68. The van der Waals surface area contributed by atoms with E-state index in [0.717, 1.165) is 36.1 Å². The molecule has 0 saturated carbocycles. The summed E-state index contributed by atoms with van der Waals surface area (Å²) in [5, 5.41) is 3.17. The van der Waals surface area contributed by atoms with Gasteiger partial charge in [0, 0.05) is 0 Å². The van der Waals surface area contributed by atoms with E-state index in [4.69, 9.17) is 4.74 Å². The van der Waals surface area contributed by atoms with E-state index in [-0.39, 0.29) is 11.9 Å². The number of hydrogen-bond donors (Lipinski definition) is 1. The van der Waals surface area contributed by atoms with E-state index >= 15 is 0 Å². The summed E-state index contributed by atoms with van der Waals surface area (Å²) >= 11 is 0. The van der Waals surface area contributed by atoms with Crippen LogP contribution in [0.1, 0.15) is 48.1 Å². The summed E-state index contributed by atoms with van der Waals surface area (Å²) in [7, 11) is 0. The molecule has 2 atom stereocenters. The third kappa shape index (κ3) is 3.61. The van der Waals surface area contributed by atoms with E-state index < -0.39 is 6.10 Å². The van der Waals surface area contributed by atoms with Crippen LogP contribution in [-0.4, -0.2) is 12.0 Å². The predicted octanol–water partition coefficient (Wildman–Crippen LogP) is 4.26. The second kappa shape index (κ2) is 7.08. The largest absolute Gasteiger partial charge is 0.481 e. The zero-order chi connectivity index (χ0) is 17.1. The van der Waals surface area contributed by atoms with Gasteiger partial charge in [0.1, 0.15) is 5.75 Å². The molecular formula is C21H25NO2. The van der Waals surface area contributed by atoms with E-state index in [2.05, 4.69) is 23.5 Å². The fourth-order valence-corrected chi connectivity index (χ4v) is 3.27. The third-order valence-electron chi connectivity index (χ3n) is 4.70. The van der Waals surface area contributed by atoms with Crippen molar-refractivity contribution in [3.63, 3.8) is 0 Å². The fourth-order valence-electron chi connectivity index (χ4n) is 3.27. The normalized spacial score (nSPS) is 17.7. The summed E-state index contributed by atoms with van der Waals surface area (Å²) in [6, 6.07) is 14.5. The van der Waals surface area contributed by atoms with Gasteiger partial charge in [-0.25, -0.2) is 0 Å². The Bertz CT molecular complexity index is 738. The van der Waals surface area contributed by atoms with Gasteiger partial charge in [-0.3, -0.25) is 4.79 Å². The lowest BCUT2D eigenvalue weighted by Gasteiger charge is -2.27. The number of aryl methyl sites for hydroxylation is 3. The zero-order valence-corrected chi connectivity index (χ0v) is 14.6. The number of carbonyl (C=O) groups excluding carboxylic acids is 1. The molecule has 1 aliphatic carbocycles. The molecule has 3 rings (SSSR count). The lowest BCUT2D eigenvalue weighted by atomic mass is 9.87. The molecule has 2 aromatic carbocycles. The summed E-state index contributed by atoms with van der Waals surface area (Å²) in [6.45, 7) is 5.83. The third-order valence-corrected chi connectivity index (χ3v) is 4.70. The van der Waals surface area contributed by atoms with Crippen LogP contribution in [0.25, 0.3) is 0 Å². The number of carbonyl (C=O) groups is 1. The van der Waals surface area contributed by atoms with Crippen molar-refractivity contribution in [3.8, 4) is 5.75 Å². The van der Waals surface area contributed by atoms with Crippen molar-refractivity contribution >= 4 is 5.91 Å². The van der Waals surface area contributed by atoms with E-state index in [9.17, 15) is 4.79 Å². The molecule has 0 bridgehead atoms. The summed E-state index contributed by atoms with van der Waals surface area (Å²) in [5.74, 6) is 0.722. The number of benzene rings is 2. The first kappa shape index (κ1) is 16.6. The van der Waals surface area contributed by atoms with Crippen LogP contribution >= 0.6 is 0 Å². The van der Waals surface area contributed by atoms with Gasteiger partial charge in [-0.15, -0.1) is 0 Å². The Morgan fingerprint density at radius 3 is 2.83 bits per heavy atom. The minimum atomic E-state index is -0.514. The average Bonchev–Trinajstić information content (AvgIpc) is 2.58. The minimum absolute atomic E-state index is 0.0578. The summed E-state index contributed by atoms with van der Waals surface area (Å²) in [5.41, 5.74) is 4.76. The molecule has 1 amide bonds. The molecule has 0 spiro atoms. The van der Waals surface area contributed by atoms with Gasteiger partial charge in [0.15, 0.2) is 6.10 Å². The van der Waals surface area contributed by atoms with Crippen LogP contribution in [0.15, 0.2) is 42.5 Å². The quantitative estimate of drug-likeness (QED) is 0.913. The molecule has 126 valence electrons. The molecule has 0 aromatic heterocycles. The Morgan fingerprint density at radius 1 is 1.21 bits per heavy atom. The van der Waals surface area contributed by atoms with E-state index in [1.54, 1.807) is 0 Å². The molecule has 24 heavy (non-hydrogen) atoms. The molecule has 0 heterocycles. The van der Waals surface area contributed by atoms with Crippen molar-refractivity contribution in [2.45, 2.75) is 52.2 Å². The van der Waals surface area contributed by atoms with Gasteiger partial charge < -0.3 is 10.1 Å². The number of amides is 1. The number of ether oxygens (including phenoxy) is 1. The van der Waals surface area contributed by atoms with Crippen molar-refractivity contribution in [2.75, 3.05) is 0 Å². The highest BCUT2D eigenvalue weighted by molar-refractivity contribution is 5.81. The summed E-state index contributed by atoms with van der Waals surface area (Å²) < 4.78 is 5.91. The van der Waals surface area contributed by atoms with Gasteiger partial charge in [0.05, 0.1) is 6.04 Å². The van der Waals surface area contributed by atoms with Crippen molar-refractivity contribution < 1.29 is 9.53 Å². The van der Waals surface area contributed by atoms with Gasteiger partial charge in [0.2, 0.25) is 0 Å². The van der Waals surface area contributed by atoms with Crippen LogP contribution in [0.2, 0.25) is 0 Å². The summed E-state index contributed by atoms with van der Waals surface area (Å²) in [6.07, 6.45) is 2.67. The first-order valence-electron chi connectivity index (χ1n) is 8.66. The van der Waals surface area contributed by atoms with Crippen LogP contribution in [0.5, 0.6) is 5.75 Å². The van der Waals surface area contributed by atoms with Crippen molar-refractivity contribution in [1.82, 2.24) is 5.32 Å². The Hall–Kier alpha value is -2.29. The molecular weight excluding hydrogens is 298 g/mol. The van der Waals surface area contributed by atoms with Gasteiger partial charge in [-0.2, -0.15) is 0 Å². The molecule has 1 aliphatic rings. The monoisotopic (exact) mass is 323 g/mol. The van der Waals surface area contributed by atoms with Crippen LogP contribution in [0.4, 0.5) is 0 Å². The maximum Gasteiger partial charge on any atom is 0.261 e. The van der Waals surface area contributed by atoms with Gasteiger partial charge >= 0.3 is 0 Å². The Morgan fingerprint density at radius 2 is 2.00 bits per heavy atom. The topological polar surface area (TPSA) is 38.3 Å². The highest BCUT2D eigenvalue weighted by Gasteiger charge is 2.24. The smallest absolute Gasteiger partial charge is 0.261 e. The van der Waals surface area contributed by atoms with Crippen LogP contribution in [-0.2, 0) is 11.2 Å². The van der Waals surface area contributed by atoms with Crippen molar-refractivity contribution in [3.05, 3.63) is 64.7 Å². The standard InChI is InChI=1S/C21H25NO2/c1-14-11-12-15(2)20(13-14)24-16(3)21(23)22-19-10-6-8-17-7-4-5-9-18(17)19/h4-5,7,9,11-13,16,19H,6,8,10H2,1-3H3,(H,22,23)/t16-,19-/m0/s1. The molecule has 0 aliphatic heterocycles. The Balaban J connectivity index is 1.68. The molecule has 3 heteroatoms. The lowest BCUT2D eigenvalue weighted by Crippen LogP contribution is -2.39. The summed E-state index contributed by atoms with van der Waals surface area (Å²) in [4.78, 5) is 12.6. The number of fused-ring (bicyclic) bond motifs is 1. The minimum Gasteiger partial charge on any atom is -0.481 e. The Labute approximate surface area is 144 Å². The first-order valence-corrected chi connectivity index (χ1v) is 8.66. The van der Waals surface area contributed by atoms with Gasteiger partial charge in [0.25, 0.3) is 5.91 Å². The highest BCUT2D eigenvalue weighted by atomic mass is 16.5. The Kier molecular flexibility index (Phi) is 4.89. The van der Waals surface area contributed by atoms with Crippen molar-refractivity contribution in [2.24, 2.45) is 0 Å². The van der Waals surface area contributed by atoms with Crippen molar-refractivity contribution in [1.29, 1.82) is 0 Å². The van der Waals surface area contributed by atoms with Gasteiger partial charge in [-0.1, -0.05) is 36.4 Å². The number of hydrogen-bond acceptors (Lipinski definition) is 2. The molecule has 2 aromatic rings. The zero-order valence-electron chi connectivity index (χ0n) is 14.6. The highest BCUT2D eigenvalue weighted by Crippen LogP contribution is 2.29. The maximum atomic E-state index is 12.6. The fraction of sp³-hybridized carbons (Fsp3) is 0.381. The maximum absolute atomic E-state index is 12.6. The predicted molar refractivity (Wildman–Crippen MR) is 96.3 cm³/mol. The number of rotatable bonds is 4. The second-order valence-corrected chi connectivity index (χ2v) is 6.68.